The van der Waals surface area contributed by atoms with Crippen LogP contribution in [0.4, 0.5) is 5.82 Å². The number of nitrogens with zero attached hydrogens (tertiary/aromatic N) is 2. The summed E-state index contributed by atoms with van der Waals surface area (Å²) < 4.78 is 0. The maximum absolute atomic E-state index is 12.8. The number of carbonyl (C=O) groups excluding carboxylic acids is 1. The number of nitrogens with one attached hydrogen (secondary N) is 1. The summed E-state index contributed by atoms with van der Waals surface area (Å²) in [6.07, 6.45) is 10.5. The monoisotopic (exact) mass is 356 g/mol. The number of nitrogens with two attached hydrogens (primary N) is 1. The maximum atomic E-state index is 12.8. The predicted octanol–water partition coefficient (Wildman–Crippen LogP) is 0.682. The third-order valence-corrected chi connectivity index (χ3v) is 7.46. The fourth-order valence-electron chi connectivity index (χ4n) is 6.64. The largest absolute Gasteiger partial charge is 0.334 e. The molecule has 3 N–H and O–H groups in total. The number of hydrogen-bond donors (Lipinski definition) is 1. The Morgan fingerprint density at radius 1 is 1.04 bits per heavy atom. The zero-order valence-electron chi connectivity index (χ0n) is 15.7. The first-order chi connectivity index (χ1) is 12.7. The van der Waals surface area contributed by atoms with Crippen molar-refractivity contribution < 1.29 is 15.1 Å². The zero-order valence-corrected chi connectivity index (χ0v) is 15.7. The molecular formula is C21H32N4O+2. The van der Waals surface area contributed by atoms with Gasteiger partial charge in [-0.1, -0.05) is 6.07 Å². The van der Waals surface area contributed by atoms with E-state index in [9.17, 15) is 4.79 Å². The quantitative estimate of drug-likeness (QED) is 0.863. The van der Waals surface area contributed by atoms with Gasteiger partial charge in [0, 0.05) is 25.3 Å². The summed E-state index contributed by atoms with van der Waals surface area (Å²) in [4.78, 5) is 20.5. The van der Waals surface area contributed by atoms with E-state index in [1.54, 1.807) is 0 Å². The molecule has 0 atom stereocenters. The number of aromatic nitrogens is 1. The molecule has 0 radical (unpaired) electrons. The molecule has 1 aliphatic heterocycles. The standard InChI is InChI=1S/C21H30N4O/c26-20(25-7-5-24(6-8-25)19-3-1-2-4-22-19)15-23-21-12-16-9-17(13-21)11-18(10-16)14-21/h1-4,16-18,23H,5-15H2/p+2. The van der Waals surface area contributed by atoms with Crippen molar-refractivity contribution in [3.05, 3.63) is 24.4 Å². The summed E-state index contributed by atoms with van der Waals surface area (Å²) in [6.45, 7) is 4.18. The van der Waals surface area contributed by atoms with Crippen molar-refractivity contribution in [3.8, 4) is 0 Å². The van der Waals surface area contributed by atoms with Gasteiger partial charge in [-0.15, -0.1) is 0 Å². The third kappa shape index (κ3) is 3.11. The molecule has 4 bridgehead atoms. The second kappa shape index (κ2) is 6.52. The molecule has 6 rings (SSSR count). The lowest BCUT2D eigenvalue weighted by molar-refractivity contribution is -0.730. The number of piperazine rings is 1. The number of hydrogen-bond acceptors (Lipinski definition) is 2. The minimum absolute atomic E-state index is 0.345. The van der Waals surface area contributed by atoms with Crippen molar-refractivity contribution in [1.82, 2.24) is 4.90 Å². The molecule has 0 spiro atoms. The zero-order chi connectivity index (χ0) is 17.6. The molecule has 140 valence electrons. The Morgan fingerprint density at radius 2 is 1.69 bits per heavy atom. The predicted molar refractivity (Wildman–Crippen MR) is 99.5 cm³/mol. The van der Waals surface area contributed by atoms with Crippen molar-refractivity contribution in [3.63, 3.8) is 0 Å². The molecule has 1 aromatic heterocycles. The summed E-state index contributed by atoms with van der Waals surface area (Å²) in [5.74, 6) is 4.37. The number of rotatable bonds is 4. The second-order valence-electron chi connectivity index (χ2n) is 9.30. The Kier molecular flexibility index (Phi) is 4.15. The molecule has 1 amide bonds. The van der Waals surface area contributed by atoms with E-state index < -0.39 is 0 Å². The van der Waals surface area contributed by atoms with Crippen LogP contribution < -0.4 is 15.2 Å². The second-order valence-corrected chi connectivity index (χ2v) is 9.30. The van der Waals surface area contributed by atoms with Crippen LogP contribution in [0.3, 0.4) is 0 Å². The number of H-pyrrole nitrogens is 1. The van der Waals surface area contributed by atoms with Crippen LogP contribution in [0.25, 0.3) is 0 Å². The first-order valence-corrected chi connectivity index (χ1v) is 10.5. The molecular weight excluding hydrogens is 324 g/mol. The Balaban J connectivity index is 1.14. The van der Waals surface area contributed by atoms with Crippen LogP contribution in [0.2, 0.25) is 0 Å². The van der Waals surface area contributed by atoms with E-state index >= 15 is 0 Å². The van der Waals surface area contributed by atoms with Gasteiger partial charge in [-0.05, 0) is 43.1 Å². The van der Waals surface area contributed by atoms with E-state index in [2.05, 4.69) is 32.2 Å². The van der Waals surface area contributed by atoms with Crippen LogP contribution in [0.1, 0.15) is 38.5 Å². The van der Waals surface area contributed by atoms with Gasteiger partial charge in [0.15, 0.2) is 6.54 Å². The summed E-state index contributed by atoms with van der Waals surface area (Å²) in [5, 5.41) is 2.46. The number of quaternary nitrogens is 1. The Bertz CT molecular complexity index is 618. The minimum atomic E-state index is 0.345. The highest BCUT2D eigenvalue weighted by molar-refractivity contribution is 5.77. The molecule has 0 unspecified atom stereocenters. The fourth-order valence-corrected chi connectivity index (χ4v) is 6.64. The molecule has 1 saturated heterocycles. The molecule has 5 heteroatoms. The third-order valence-electron chi connectivity index (χ3n) is 7.46. The summed E-state index contributed by atoms with van der Waals surface area (Å²) in [7, 11) is 0. The van der Waals surface area contributed by atoms with Gasteiger partial charge >= 0.3 is 0 Å². The van der Waals surface area contributed by atoms with Gasteiger partial charge in [0.05, 0.1) is 24.8 Å². The van der Waals surface area contributed by atoms with Crippen molar-refractivity contribution in [2.24, 2.45) is 17.8 Å². The van der Waals surface area contributed by atoms with Crippen molar-refractivity contribution in [2.75, 3.05) is 37.6 Å². The number of anilines is 1. The average molecular weight is 357 g/mol. The van der Waals surface area contributed by atoms with Crippen molar-refractivity contribution in [1.29, 1.82) is 0 Å². The molecule has 2 heterocycles. The van der Waals surface area contributed by atoms with E-state index in [4.69, 9.17) is 0 Å². The number of aromatic amines is 1. The van der Waals surface area contributed by atoms with Crippen molar-refractivity contribution >= 4 is 11.7 Å². The van der Waals surface area contributed by atoms with E-state index in [1.807, 2.05) is 12.3 Å². The lowest BCUT2D eigenvalue weighted by Crippen LogP contribution is -3.00. The Morgan fingerprint density at radius 3 is 2.27 bits per heavy atom. The Hall–Kier alpha value is -1.62. The topological polar surface area (TPSA) is 54.3 Å². The molecule has 1 aromatic rings. The number of pyridine rings is 1. The maximum Gasteiger partial charge on any atom is 0.277 e. The van der Waals surface area contributed by atoms with Gasteiger partial charge in [0.1, 0.15) is 13.1 Å². The van der Waals surface area contributed by atoms with E-state index in [-0.39, 0.29) is 0 Å². The number of amides is 1. The normalized spacial score (nSPS) is 35.8. The molecule has 4 saturated carbocycles. The summed E-state index contributed by atoms with van der Waals surface area (Å²) in [6, 6.07) is 6.17. The van der Waals surface area contributed by atoms with E-state index in [0.29, 0.717) is 18.0 Å². The minimum Gasteiger partial charge on any atom is -0.334 e. The average Bonchev–Trinajstić information content (AvgIpc) is 2.66. The van der Waals surface area contributed by atoms with E-state index in [0.717, 1.165) is 49.8 Å². The van der Waals surface area contributed by atoms with Crippen LogP contribution >= 0.6 is 0 Å². The Labute approximate surface area is 156 Å². The SMILES string of the molecule is O=C(C[NH2+]C12CC3CC(CC(C3)C1)C2)N1CCN(c2cccc[nH+]2)CC1. The molecule has 5 aliphatic rings. The number of carbonyl (C=O) groups is 1. The van der Waals surface area contributed by atoms with Gasteiger partial charge in [0.25, 0.3) is 11.7 Å². The summed E-state index contributed by atoms with van der Waals surface area (Å²) in [5.41, 5.74) is 0.408. The van der Waals surface area contributed by atoms with Crippen LogP contribution in [0, 0.1) is 17.8 Å². The van der Waals surface area contributed by atoms with Crippen LogP contribution in [-0.4, -0.2) is 49.1 Å². The first-order valence-electron chi connectivity index (χ1n) is 10.5. The smallest absolute Gasteiger partial charge is 0.277 e. The van der Waals surface area contributed by atoms with Crippen LogP contribution in [0.15, 0.2) is 24.4 Å². The molecule has 5 nitrogen and oxygen atoms in total. The molecule has 0 aromatic carbocycles. The van der Waals surface area contributed by atoms with Gasteiger partial charge in [0.2, 0.25) is 0 Å². The fraction of sp³-hybridized carbons (Fsp3) is 0.714. The van der Waals surface area contributed by atoms with Crippen LogP contribution in [0.5, 0.6) is 0 Å². The molecule has 26 heavy (non-hydrogen) atoms. The highest BCUT2D eigenvalue weighted by Crippen LogP contribution is 2.54. The summed E-state index contributed by atoms with van der Waals surface area (Å²) >= 11 is 0. The lowest BCUT2D eigenvalue weighted by atomic mass is 9.53. The van der Waals surface area contributed by atoms with Crippen LogP contribution in [-0.2, 0) is 4.79 Å². The van der Waals surface area contributed by atoms with Gasteiger partial charge in [-0.2, -0.15) is 0 Å². The molecule has 5 fully saturated rings. The van der Waals surface area contributed by atoms with Gasteiger partial charge < -0.3 is 10.2 Å². The first kappa shape index (κ1) is 16.5. The van der Waals surface area contributed by atoms with Gasteiger partial charge in [-0.25, -0.2) is 4.98 Å². The molecule has 4 aliphatic carbocycles. The van der Waals surface area contributed by atoms with E-state index in [1.165, 1.54) is 38.5 Å². The highest BCUT2D eigenvalue weighted by atomic mass is 16.2. The van der Waals surface area contributed by atoms with Gasteiger partial charge in [-0.3, -0.25) is 9.69 Å². The lowest BCUT2D eigenvalue weighted by Gasteiger charge is -2.54. The highest BCUT2D eigenvalue weighted by Gasteiger charge is 2.53. The van der Waals surface area contributed by atoms with Crippen molar-refractivity contribution in [2.45, 2.75) is 44.1 Å².